The molecule has 0 unspecified atom stereocenters. The molecule has 0 spiro atoms. The number of guanidine groups is 1. The minimum absolute atomic E-state index is 0.0796. The van der Waals surface area contributed by atoms with E-state index < -0.39 is 0 Å². The Morgan fingerprint density at radius 1 is 1.16 bits per heavy atom. The number of hydrogen-bond donors (Lipinski definition) is 3. The smallest absolute Gasteiger partial charge is 0.233 e. The lowest BCUT2D eigenvalue weighted by molar-refractivity contribution is -0.122. The highest BCUT2D eigenvalue weighted by Gasteiger charge is 2.21. The average molecular weight is 430 g/mol. The summed E-state index contributed by atoms with van der Waals surface area (Å²) in [5.74, 6) is 1.89. The van der Waals surface area contributed by atoms with Gasteiger partial charge in [-0.25, -0.2) is 4.99 Å². The Hall–Kier alpha value is -2.28. The zero-order valence-corrected chi connectivity index (χ0v) is 19.2. The molecule has 7 heteroatoms. The van der Waals surface area contributed by atoms with Crippen LogP contribution < -0.4 is 20.7 Å². The van der Waals surface area contributed by atoms with Crippen LogP contribution in [0.5, 0.6) is 5.75 Å². The van der Waals surface area contributed by atoms with Crippen LogP contribution in [0, 0.1) is 0 Å². The van der Waals surface area contributed by atoms with Gasteiger partial charge in [0.25, 0.3) is 0 Å². The van der Waals surface area contributed by atoms with E-state index in [1.807, 2.05) is 0 Å². The molecule has 1 aliphatic carbocycles. The third kappa shape index (κ3) is 8.05. The number of benzene rings is 1. The molecule has 1 aromatic carbocycles. The summed E-state index contributed by atoms with van der Waals surface area (Å²) in [5, 5.41) is 9.64. The maximum absolute atomic E-state index is 11.6. The molecule has 1 aliphatic heterocycles. The maximum atomic E-state index is 11.6. The van der Waals surface area contributed by atoms with Crippen molar-refractivity contribution in [2.75, 3.05) is 33.2 Å². The third-order valence-electron chi connectivity index (χ3n) is 6.09. The van der Waals surface area contributed by atoms with Crippen LogP contribution in [0.3, 0.4) is 0 Å². The van der Waals surface area contributed by atoms with Crippen molar-refractivity contribution in [3.8, 4) is 5.75 Å². The summed E-state index contributed by atoms with van der Waals surface area (Å²) in [6.07, 6.45) is 8.59. The Morgan fingerprint density at radius 3 is 2.65 bits per heavy atom. The number of piperidine rings is 1. The monoisotopic (exact) mass is 429 g/mol. The van der Waals surface area contributed by atoms with Gasteiger partial charge in [0.2, 0.25) is 5.91 Å². The lowest BCUT2D eigenvalue weighted by atomic mass is 9.98. The first-order chi connectivity index (χ1) is 15.2. The first kappa shape index (κ1) is 23.4. The summed E-state index contributed by atoms with van der Waals surface area (Å²) in [6, 6.07) is 8.72. The molecule has 3 N–H and O–H groups in total. The van der Waals surface area contributed by atoms with Crippen LogP contribution in [0.25, 0.3) is 0 Å². The first-order valence-electron chi connectivity index (χ1n) is 11.9. The van der Waals surface area contributed by atoms with Gasteiger partial charge in [-0.2, -0.15) is 0 Å². The highest BCUT2D eigenvalue weighted by Crippen LogP contribution is 2.24. The fraction of sp³-hybridized carbons (Fsp3) is 0.667. The van der Waals surface area contributed by atoms with Crippen molar-refractivity contribution < 1.29 is 9.53 Å². The highest BCUT2D eigenvalue weighted by atomic mass is 16.5. The number of carbonyl (C=O) groups is 1. The van der Waals surface area contributed by atoms with E-state index in [0.717, 1.165) is 49.7 Å². The largest absolute Gasteiger partial charge is 0.490 e. The number of rotatable bonds is 8. The van der Waals surface area contributed by atoms with Crippen molar-refractivity contribution in [1.82, 2.24) is 20.9 Å². The molecule has 1 aromatic rings. The number of hydrogen-bond acceptors (Lipinski definition) is 4. The van der Waals surface area contributed by atoms with Crippen molar-refractivity contribution in [2.24, 2.45) is 4.99 Å². The van der Waals surface area contributed by atoms with Crippen molar-refractivity contribution >= 4 is 11.9 Å². The molecular weight excluding hydrogens is 390 g/mol. The normalized spacial score (nSPS) is 19.1. The van der Waals surface area contributed by atoms with E-state index in [9.17, 15) is 4.79 Å². The molecule has 2 fully saturated rings. The number of nitrogens with one attached hydrogen (secondary N) is 3. The van der Waals surface area contributed by atoms with E-state index >= 15 is 0 Å². The molecule has 1 saturated carbocycles. The van der Waals surface area contributed by atoms with E-state index in [4.69, 9.17) is 9.73 Å². The number of likely N-dealkylation sites (tertiary alicyclic amines) is 1. The van der Waals surface area contributed by atoms with Gasteiger partial charge < -0.3 is 20.7 Å². The van der Waals surface area contributed by atoms with Crippen LogP contribution >= 0.6 is 0 Å². The van der Waals surface area contributed by atoms with Crippen LogP contribution in [-0.2, 0) is 11.3 Å². The number of ether oxygens (including phenoxy) is 1. The Balaban J connectivity index is 1.50. The quantitative estimate of drug-likeness (QED) is 0.437. The third-order valence-corrected chi connectivity index (χ3v) is 6.09. The van der Waals surface area contributed by atoms with Crippen LogP contribution in [0.1, 0.15) is 57.4 Å². The molecule has 1 saturated heterocycles. The van der Waals surface area contributed by atoms with Crippen LogP contribution in [0.2, 0.25) is 0 Å². The SMILES string of the molecule is CCNC(=NCc1cccc(OC2CCCCC2)c1)NC1CCN(CC(=O)NC)CC1. The van der Waals surface area contributed by atoms with Crippen molar-refractivity contribution in [2.45, 2.75) is 70.6 Å². The Kier molecular flexibility index (Phi) is 9.46. The zero-order chi connectivity index (χ0) is 21.9. The number of aliphatic imine (C=N–C) groups is 1. The molecule has 1 heterocycles. The molecule has 0 atom stereocenters. The van der Waals surface area contributed by atoms with Gasteiger partial charge >= 0.3 is 0 Å². The second-order valence-electron chi connectivity index (χ2n) is 8.59. The van der Waals surface area contributed by atoms with E-state index in [1.54, 1.807) is 7.05 Å². The summed E-state index contributed by atoms with van der Waals surface area (Å²) in [6.45, 7) is 5.85. The lowest BCUT2D eigenvalue weighted by Gasteiger charge is -2.32. The first-order valence-corrected chi connectivity index (χ1v) is 11.9. The van der Waals surface area contributed by atoms with Gasteiger partial charge in [0.15, 0.2) is 5.96 Å². The molecule has 1 amide bonds. The summed E-state index contributed by atoms with van der Waals surface area (Å²) >= 11 is 0. The van der Waals surface area contributed by atoms with Gasteiger partial charge in [0, 0.05) is 32.7 Å². The zero-order valence-electron chi connectivity index (χ0n) is 19.2. The molecule has 0 bridgehead atoms. The predicted molar refractivity (Wildman–Crippen MR) is 125 cm³/mol. The van der Waals surface area contributed by atoms with Crippen LogP contribution in [0.4, 0.5) is 0 Å². The summed E-state index contributed by atoms with van der Waals surface area (Å²) < 4.78 is 6.20. The van der Waals surface area contributed by atoms with Crippen LogP contribution in [-0.4, -0.2) is 62.1 Å². The Bertz CT molecular complexity index is 710. The van der Waals surface area contributed by atoms with E-state index in [2.05, 4.69) is 52.0 Å². The van der Waals surface area contributed by atoms with E-state index in [0.29, 0.717) is 25.2 Å². The fourth-order valence-corrected chi connectivity index (χ4v) is 4.29. The minimum Gasteiger partial charge on any atom is -0.490 e. The summed E-state index contributed by atoms with van der Waals surface area (Å²) in [4.78, 5) is 18.6. The second-order valence-corrected chi connectivity index (χ2v) is 8.59. The highest BCUT2D eigenvalue weighted by molar-refractivity contribution is 5.80. The average Bonchev–Trinajstić information content (AvgIpc) is 2.80. The number of carbonyl (C=O) groups excluding carboxylic acids is 1. The van der Waals surface area contributed by atoms with Gasteiger partial charge in [0.05, 0.1) is 19.2 Å². The molecule has 3 rings (SSSR count). The van der Waals surface area contributed by atoms with E-state index in [-0.39, 0.29) is 5.91 Å². The molecule has 172 valence electrons. The predicted octanol–water partition coefficient (Wildman–Crippen LogP) is 2.66. The summed E-state index contributed by atoms with van der Waals surface area (Å²) in [7, 11) is 1.69. The number of amides is 1. The van der Waals surface area contributed by atoms with Gasteiger partial charge in [-0.15, -0.1) is 0 Å². The number of nitrogens with zero attached hydrogens (tertiary/aromatic N) is 2. The molecule has 2 aliphatic rings. The van der Waals surface area contributed by atoms with Crippen LogP contribution in [0.15, 0.2) is 29.3 Å². The second kappa shape index (κ2) is 12.5. The maximum Gasteiger partial charge on any atom is 0.233 e. The summed E-state index contributed by atoms with van der Waals surface area (Å²) in [5.41, 5.74) is 1.16. The number of likely N-dealkylation sites (N-methyl/N-ethyl adjacent to an activating group) is 1. The van der Waals surface area contributed by atoms with Crippen molar-refractivity contribution in [1.29, 1.82) is 0 Å². The fourth-order valence-electron chi connectivity index (χ4n) is 4.29. The lowest BCUT2D eigenvalue weighted by Crippen LogP contribution is -2.50. The molecule has 7 nitrogen and oxygen atoms in total. The van der Waals surface area contributed by atoms with E-state index in [1.165, 1.54) is 32.1 Å². The molecule has 31 heavy (non-hydrogen) atoms. The molecule has 0 radical (unpaired) electrons. The van der Waals surface area contributed by atoms with Crippen molar-refractivity contribution in [3.05, 3.63) is 29.8 Å². The molecular formula is C24H39N5O2. The van der Waals surface area contributed by atoms with Gasteiger partial charge in [-0.05, 0) is 63.1 Å². The standard InChI is InChI=1S/C24H39N5O2/c1-3-26-24(28-20-12-14-29(15-13-20)18-23(30)25-2)27-17-19-8-7-11-22(16-19)31-21-9-5-4-6-10-21/h7-8,11,16,20-21H,3-6,9-10,12-15,17-18H2,1-2H3,(H,25,30)(H2,26,27,28). The Labute approximate surface area is 187 Å². The van der Waals surface area contributed by atoms with Gasteiger partial charge in [-0.1, -0.05) is 18.6 Å². The Morgan fingerprint density at radius 2 is 1.94 bits per heavy atom. The van der Waals surface area contributed by atoms with Crippen molar-refractivity contribution in [3.63, 3.8) is 0 Å². The van der Waals surface area contributed by atoms with Gasteiger partial charge in [0.1, 0.15) is 5.75 Å². The topological polar surface area (TPSA) is 78.0 Å². The molecule has 0 aromatic heterocycles. The minimum atomic E-state index is 0.0796. The van der Waals surface area contributed by atoms with Gasteiger partial charge in [-0.3, -0.25) is 9.69 Å².